The average molecular weight is 395 g/mol. The second kappa shape index (κ2) is 8.11. The fourth-order valence-corrected chi connectivity index (χ4v) is 4.38. The number of fused-ring (bicyclic) bond motifs is 4. The van der Waals surface area contributed by atoms with Crippen molar-refractivity contribution in [3.05, 3.63) is 58.5 Å². The van der Waals surface area contributed by atoms with Gasteiger partial charge >= 0.3 is 0 Å². The van der Waals surface area contributed by atoms with Gasteiger partial charge in [0.05, 0.1) is 7.11 Å². The van der Waals surface area contributed by atoms with Gasteiger partial charge in [-0.1, -0.05) is 6.07 Å². The molecule has 2 aliphatic rings. The maximum absolute atomic E-state index is 12.7. The Morgan fingerprint density at radius 3 is 2.62 bits per heavy atom. The lowest BCUT2D eigenvalue weighted by atomic mass is 9.83. The molecule has 152 valence electrons. The van der Waals surface area contributed by atoms with E-state index in [1.54, 1.807) is 43.5 Å². The first-order valence-electron chi connectivity index (χ1n) is 9.95. The number of likely N-dealkylation sites (tertiary alicyclic amines) is 1. The maximum Gasteiger partial charge on any atom is 0.250 e. The summed E-state index contributed by atoms with van der Waals surface area (Å²) in [7, 11) is 1.59. The Kier molecular flexibility index (Phi) is 5.38. The summed E-state index contributed by atoms with van der Waals surface area (Å²) in [5, 5.41) is 2.81. The summed E-state index contributed by atoms with van der Waals surface area (Å²) in [6, 6.07) is 12.5. The van der Waals surface area contributed by atoms with Crippen LogP contribution in [0.1, 0.15) is 30.9 Å². The van der Waals surface area contributed by atoms with Gasteiger partial charge in [0.2, 0.25) is 11.8 Å². The van der Waals surface area contributed by atoms with Crippen molar-refractivity contribution >= 4 is 17.5 Å². The Labute approximate surface area is 169 Å². The van der Waals surface area contributed by atoms with Crippen LogP contribution in [0.2, 0.25) is 0 Å². The van der Waals surface area contributed by atoms with Crippen LogP contribution in [0, 0.1) is 5.92 Å². The summed E-state index contributed by atoms with van der Waals surface area (Å²) in [6.07, 6.45) is 1.33. The quantitative estimate of drug-likeness (QED) is 0.842. The Morgan fingerprint density at radius 1 is 1.07 bits per heavy atom. The van der Waals surface area contributed by atoms with Gasteiger partial charge in [-0.25, -0.2) is 0 Å². The lowest BCUT2D eigenvalue weighted by Crippen LogP contribution is -2.49. The highest BCUT2D eigenvalue weighted by molar-refractivity contribution is 5.93. The number of anilines is 1. The van der Waals surface area contributed by atoms with Crippen LogP contribution in [0.3, 0.4) is 0 Å². The molecule has 4 rings (SSSR count). The molecular weight excluding hydrogens is 370 g/mol. The molecule has 1 saturated heterocycles. The predicted octanol–water partition coefficient (Wildman–Crippen LogP) is 2.22. The molecule has 2 aliphatic heterocycles. The van der Waals surface area contributed by atoms with E-state index in [9.17, 15) is 14.4 Å². The molecule has 0 spiro atoms. The zero-order chi connectivity index (χ0) is 20.4. The number of piperidine rings is 1. The fourth-order valence-electron chi connectivity index (χ4n) is 4.38. The van der Waals surface area contributed by atoms with Crippen molar-refractivity contribution < 1.29 is 14.3 Å². The normalized spacial score (nSPS) is 20.0. The molecule has 1 aromatic carbocycles. The van der Waals surface area contributed by atoms with E-state index in [0.717, 1.165) is 17.9 Å². The van der Waals surface area contributed by atoms with Crippen molar-refractivity contribution in [3.8, 4) is 5.75 Å². The first-order valence-corrected chi connectivity index (χ1v) is 9.95. The van der Waals surface area contributed by atoms with Gasteiger partial charge < -0.3 is 19.5 Å². The number of hydrogen-bond donors (Lipinski definition) is 1. The van der Waals surface area contributed by atoms with E-state index in [4.69, 9.17) is 4.74 Å². The summed E-state index contributed by atoms with van der Waals surface area (Å²) in [6.45, 7) is 1.92. The molecule has 2 atom stereocenters. The molecule has 0 radical (unpaired) electrons. The van der Waals surface area contributed by atoms with E-state index < -0.39 is 0 Å². The minimum atomic E-state index is -0.183. The van der Waals surface area contributed by atoms with Crippen LogP contribution in [0.4, 0.5) is 5.69 Å². The van der Waals surface area contributed by atoms with E-state index in [0.29, 0.717) is 31.2 Å². The van der Waals surface area contributed by atoms with Gasteiger partial charge in [0, 0.05) is 55.8 Å². The van der Waals surface area contributed by atoms with Gasteiger partial charge in [-0.05, 0) is 42.7 Å². The van der Waals surface area contributed by atoms with Crippen molar-refractivity contribution in [2.75, 3.05) is 25.5 Å². The minimum absolute atomic E-state index is 0.00342. The number of aromatic nitrogens is 1. The molecule has 1 N–H and O–H groups in total. The molecule has 1 aromatic heterocycles. The summed E-state index contributed by atoms with van der Waals surface area (Å²) in [4.78, 5) is 38.9. The second-order valence-electron chi connectivity index (χ2n) is 7.77. The second-order valence-corrected chi connectivity index (χ2v) is 7.77. The number of carbonyl (C=O) groups is 2. The van der Waals surface area contributed by atoms with Crippen LogP contribution in [0.5, 0.6) is 5.75 Å². The first-order chi connectivity index (χ1) is 14.0. The van der Waals surface area contributed by atoms with E-state index in [-0.39, 0.29) is 36.1 Å². The molecule has 2 unspecified atom stereocenters. The van der Waals surface area contributed by atoms with Crippen LogP contribution in [-0.4, -0.2) is 41.5 Å². The third kappa shape index (κ3) is 4.18. The summed E-state index contributed by atoms with van der Waals surface area (Å²) < 4.78 is 6.95. The number of methoxy groups -OCH3 is 1. The molecule has 1 fully saturated rings. The Balaban J connectivity index is 1.32. The third-order valence-electron chi connectivity index (χ3n) is 5.77. The van der Waals surface area contributed by atoms with Crippen molar-refractivity contribution in [1.82, 2.24) is 9.47 Å². The summed E-state index contributed by atoms with van der Waals surface area (Å²) in [5.74, 6) is 1.01. The first kappa shape index (κ1) is 19.2. The number of benzene rings is 1. The summed E-state index contributed by atoms with van der Waals surface area (Å²) in [5.41, 5.74) is 1.73. The molecule has 0 saturated carbocycles. The molecule has 2 aromatic rings. The lowest BCUT2D eigenvalue weighted by molar-refractivity contribution is -0.135. The van der Waals surface area contributed by atoms with Gasteiger partial charge in [-0.3, -0.25) is 14.4 Å². The highest BCUT2D eigenvalue weighted by Crippen LogP contribution is 2.35. The van der Waals surface area contributed by atoms with Crippen LogP contribution in [-0.2, 0) is 16.1 Å². The van der Waals surface area contributed by atoms with Crippen LogP contribution < -0.4 is 15.6 Å². The SMILES string of the molecule is COc1ccc(NC(=O)CCC(=O)N2CC3CC(C2)c2cccc(=O)n2C3)cc1. The molecule has 0 aliphatic carbocycles. The fraction of sp³-hybridized carbons (Fsp3) is 0.409. The third-order valence-corrected chi connectivity index (χ3v) is 5.77. The van der Waals surface area contributed by atoms with Crippen LogP contribution in [0.15, 0.2) is 47.3 Å². The summed E-state index contributed by atoms with van der Waals surface area (Å²) >= 11 is 0. The maximum atomic E-state index is 12.7. The van der Waals surface area contributed by atoms with Gasteiger partial charge in [0.25, 0.3) is 5.56 Å². The number of pyridine rings is 1. The molecule has 7 heteroatoms. The molecule has 2 bridgehead atoms. The van der Waals surface area contributed by atoms with E-state index in [1.807, 2.05) is 15.5 Å². The topological polar surface area (TPSA) is 80.6 Å². The standard InChI is InChI=1S/C22H25N3O4/c1-29-18-7-5-17(6-8-18)23-20(26)9-10-21(27)24-12-15-11-16(14-24)19-3-2-4-22(28)25(19)13-15/h2-8,15-16H,9-14H2,1H3,(H,23,26). The molecule has 2 amide bonds. The number of nitrogens with one attached hydrogen (secondary N) is 1. The van der Waals surface area contributed by atoms with Gasteiger partial charge in [-0.2, -0.15) is 0 Å². The molecule has 7 nitrogen and oxygen atoms in total. The van der Waals surface area contributed by atoms with Crippen molar-refractivity contribution in [2.24, 2.45) is 5.92 Å². The van der Waals surface area contributed by atoms with E-state index in [2.05, 4.69) is 5.32 Å². The zero-order valence-electron chi connectivity index (χ0n) is 16.5. The number of rotatable bonds is 5. The predicted molar refractivity (Wildman–Crippen MR) is 109 cm³/mol. The number of nitrogens with zero attached hydrogens (tertiary/aromatic N) is 2. The van der Waals surface area contributed by atoms with E-state index >= 15 is 0 Å². The molecular formula is C22H25N3O4. The van der Waals surface area contributed by atoms with Gasteiger partial charge in [0.1, 0.15) is 5.75 Å². The Hall–Kier alpha value is -3.09. The Bertz CT molecular complexity index is 967. The molecule has 29 heavy (non-hydrogen) atoms. The Morgan fingerprint density at radius 2 is 1.86 bits per heavy atom. The van der Waals surface area contributed by atoms with Gasteiger partial charge in [0.15, 0.2) is 0 Å². The minimum Gasteiger partial charge on any atom is -0.497 e. The highest BCUT2D eigenvalue weighted by Gasteiger charge is 2.36. The van der Waals surface area contributed by atoms with Crippen molar-refractivity contribution in [3.63, 3.8) is 0 Å². The smallest absolute Gasteiger partial charge is 0.250 e. The van der Waals surface area contributed by atoms with Crippen molar-refractivity contribution in [1.29, 1.82) is 0 Å². The monoisotopic (exact) mass is 395 g/mol. The number of hydrogen-bond acceptors (Lipinski definition) is 4. The largest absolute Gasteiger partial charge is 0.497 e. The molecule has 3 heterocycles. The number of amides is 2. The van der Waals surface area contributed by atoms with Gasteiger partial charge in [-0.15, -0.1) is 0 Å². The van der Waals surface area contributed by atoms with Crippen molar-refractivity contribution in [2.45, 2.75) is 31.7 Å². The number of carbonyl (C=O) groups excluding carboxylic acids is 2. The van der Waals surface area contributed by atoms with E-state index in [1.165, 1.54) is 0 Å². The lowest BCUT2D eigenvalue weighted by Gasteiger charge is -2.42. The van der Waals surface area contributed by atoms with Crippen LogP contribution >= 0.6 is 0 Å². The highest BCUT2D eigenvalue weighted by atomic mass is 16.5. The zero-order valence-corrected chi connectivity index (χ0v) is 16.5. The average Bonchev–Trinajstić information content (AvgIpc) is 2.73. The van der Waals surface area contributed by atoms with Crippen LogP contribution in [0.25, 0.3) is 0 Å². The number of ether oxygens (including phenoxy) is 1.